The van der Waals surface area contributed by atoms with Crippen LogP contribution in [0.2, 0.25) is 0 Å². The summed E-state index contributed by atoms with van der Waals surface area (Å²) in [5, 5.41) is 3.00. The Morgan fingerprint density at radius 3 is 2.65 bits per heavy atom. The molecule has 2 rings (SSSR count). The Kier molecular flexibility index (Phi) is 6.16. The summed E-state index contributed by atoms with van der Waals surface area (Å²) in [7, 11) is 0. The maximum absolute atomic E-state index is 12.3. The van der Waals surface area contributed by atoms with Gasteiger partial charge in [0, 0.05) is 12.2 Å². The zero-order valence-corrected chi connectivity index (χ0v) is 14.2. The Balaban J connectivity index is 1.91. The lowest BCUT2D eigenvalue weighted by molar-refractivity contribution is -0.150. The Morgan fingerprint density at radius 1 is 1.30 bits per heavy atom. The number of para-hydroxylation sites is 1. The number of esters is 1. The maximum Gasteiger partial charge on any atom is 0.310 e. The minimum Gasteiger partial charge on any atom is -0.466 e. The molecule has 1 aromatic carbocycles. The number of rotatable bonds is 5. The SMILES string of the molecule is CCOC(=O)[C@H]1CCCN(CC(=O)Nc2c(C)cccc2C)C1. The molecule has 1 aliphatic heterocycles. The highest BCUT2D eigenvalue weighted by atomic mass is 16.5. The number of carbonyl (C=O) groups is 2. The zero-order chi connectivity index (χ0) is 16.8. The first kappa shape index (κ1) is 17.5. The van der Waals surface area contributed by atoms with Gasteiger partial charge in [-0.25, -0.2) is 0 Å². The van der Waals surface area contributed by atoms with E-state index in [-0.39, 0.29) is 17.8 Å². The summed E-state index contributed by atoms with van der Waals surface area (Å²) in [5.41, 5.74) is 3.00. The molecule has 1 N–H and O–H groups in total. The van der Waals surface area contributed by atoms with Gasteiger partial charge in [0.15, 0.2) is 0 Å². The number of benzene rings is 1. The van der Waals surface area contributed by atoms with Crippen LogP contribution in [-0.2, 0) is 14.3 Å². The van der Waals surface area contributed by atoms with Crippen LogP contribution in [0.25, 0.3) is 0 Å². The van der Waals surface area contributed by atoms with Gasteiger partial charge in [-0.3, -0.25) is 14.5 Å². The molecule has 0 aliphatic carbocycles. The van der Waals surface area contributed by atoms with E-state index in [9.17, 15) is 9.59 Å². The van der Waals surface area contributed by atoms with Crippen molar-refractivity contribution in [1.29, 1.82) is 0 Å². The van der Waals surface area contributed by atoms with Crippen LogP contribution in [0.3, 0.4) is 0 Å². The molecular weight excluding hydrogens is 292 g/mol. The second kappa shape index (κ2) is 8.11. The van der Waals surface area contributed by atoms with Gasteiger partial charge in [-0.2, -0.15) is 0 Å². The number of hydrogen-bond acceptors (Lipinski definition) is 4. The average molecular weight is 318 g/mol. The molecule has 1 fully saturated rings. The highest BCUT2D eigenvalue weighted by molar-refractivity contribution is 5.93. The Bertz CT molecular complexity index is 551. The molecule has 5 heteroatoms. The van der Waals surface area contributed by atoms with Crippen LogP contribution in [0.4, 0.5) is 5.69 Å². The number of amides is 1. The molecule has 0 spiro atoms. The molecule has 1 heterocycles. The molecule has 0 unspecified atom stereocenters. The van der Waals surface area contributed by atoms with E-state index in [2.05, 4.69) is 5.32 Å². The molecule has 5 nitrogen and oxygen atoms in total. The van der Waals surface area contributed by atoms with Crippen LogP contribution in [-0.4, -0.2) is 43.0 Å². The van der Waals surface area contributed by atoms with Crippen molar-refractivity contribution >= 4 is 17.6 Å². The predicted octanol–water partition coefficient (Wildman–Crippen LogP) is 2.52. The first-order chi connectivity index (χ1) is 11.0. The van der Waals surface area contributed by atoms with Gasteiger partial charge in [0.2, 0.25) is 5.91 Å². The number of likely N-dealkylation sites (tertiary alicyclic amines) is 1. The second-order valence-electron chi connectivity index (χ2n) is 6.14. The minimum atomic E-state index is -0.146. The number of nitrogens with one attached hydrogen (secondary N) is 1. The van der Waals surface area contributed by atoms with Crippen molar-refractivity contribution in [3.05, 3.63) is 29.3 Å². The monoisotopic (exact) mass is 318 g/mol. The van der Waals surface area contributed by atoms with Crippen molar-refractivity contribution in [1.82, 2.24) is 4.90 Å². The van der Waals surface area contributed by atoms with E-state index in [0.717, 1.165) is 36.2 Å². The topological polar surface area (TPSA) is 58.6 Å². The summed E-state index contributed by atoms with van der Waals surface area (Å²) in [6, 6.07) is 5.95. The predicted molar refractivity (Wildman–Crippen MR) is 90.3 cm³/mol. The fourth-order valence-corrected chi connectivity index (χ4v) is 3.05. The lowest BCUT2D eigenvalue weighted by atomic mass is 9.98. The van der Waals surface area contributed by atoms with Gasteiger partial charge < -0.3 is 10.1 Å². The highest BCUT2D eigenvalue weighted by Gasteiger charge is 2.27. The molecule has 0 saturated carbocycles. The minimum absolute atomic E-state index is 0.0353. The Morgan fingerprint density at radius 2 is 2.00 bits per heavy atom. The number of piperidine rings is 1. The van der Waals surface area contributed by atoms with Gasteiger partial charge in [-0.05, 0) is 51.3 Å². The third-order valence-corrected chi connectivity index (χ3v) is 4.24. The van der Waals surface area contributed by atoms with E-state index in [4.69, 9.17) is 4.74 Å². The molecule has 0 aromatic heterocycles. The third-order valence-electron chi connectivity index (χ3n) is 4.24. The van der Waals surface area contributed by atoms with Gasteiger partial charge in [-0.1, -0.05) is 18.2 Å². The van der Waals surface area contributed by atoms with Crippen LogP contribution in [0.15, 0.2) is 18.2 Å². The standard InChI is InChI=1S/C18H26N2O3/c1-4-23-18(22)15-9-6-10-20(11-15)12-16(21)19-17-13(2)7-5-8-14(17)3/h5,7-8,15H,4,6,9-12H2,1-3H3,(H,19,21)/t15-/m0/s1. The maximum atomic E-state index is 12.3. The van der Waals surface area contributed by atoms with Gasteiger partial charge >= 0.3 is 5.97 Å². The summed E-state index contributed by atoms with van der Waals surface area (Å²) < 4.78 is 5.10. The van der Waals surface area contributed by atoms with Crippen LogP contribution >= 0.6 is 0 Å². The molecule has 0 bridgehead atoms. The normalized spacial score (nSPS) is 18.5. The summed E-state index contributed by atoms with van der Waals surface area (Å²) in [5.74, 6) is -0.295. The van der Waals surface area contributed by atoms with E-state index in [0.29, 0.717) is 19.7 Å². The number of carbonyl (C=O) groups excluding carboxylic acids is 2. The second-order valence-corrected chi connectivity index (χ2v) is 6.14. The van der Waals surface area contributed by atoms with Gasteiger partial charge in [0.25, 0.3) is 0 Å². The van der Waals surface area contributed by atoms with Crippen molar-refractivity contribution in [3.63, 3.8) is 0 Å². The van der Waals surface area contributed by atoms with Crippen LogP contribution < -0.4 is 5.32 Å². The van der Waals surface area contributed by atoms with Crippen molar-refractivity contribution in [2.75, 3.05) is 31.6 Å². The van der Waals surface area contributed by atoms with Gasteiger partial charge in [-0.15, -0.1) is 0 Å². The zero-order valence-electron chi connectivity index (χ0n) is 14.2. The third kappa shape index (κ3) is 4.79. The number of nitrogens with zero attached hydrogens (tertiary/aromatic N) is 1. The Labute approximate surface area is 138 Å². The van der Waals surface area contributed by atoms with Crippen molar-refractivity contribution < 1.29 is 14.3 Å². The highest BCUT2D eigenvalue weighted by Crippen LogP contribution is 2.20. The quantitative estimate of drug-likeness (QED) is 0.848. The van der Waals surface area contributed by atoms with Crippen LogP contribution in [0.5, 0.6) is 0 Å². The lowest BCUT2D eigenvalue weighted by Gasteiger charge is -2.31. The summed E-state index contributed by atoms with van der Waals surface area (Å²) >= 11 is 0. The average Bonchev–Trinajstić information content (AvgIpc) is 2.51. The van der Waals surface area contributed by atoms with E-state index in [1.807, 2.05) is 43.9 Å². The molecule has 0 radical (unpaired) electrons. The van der Waals surface area contributed by atoms with Crippen LogP contribution in [0.1, 0.15) is 30.9 Å². The van der Waals surface area contributed by atoms with Gasteiger partial charge in [0.1, 0.15) is 0 Å². The van der Waals surface area contributed by atoms with Crippen molar-refractivity contribution in [2.45, 2.75) is 33.6 Å². The molecule has 23 heavy (non-hydrogen) atoms. The summed E-state index contributed by atoms with van der Waals surface area (Å²) in [6.07, 6.45) is 1.76. The first-order valence-corrected chi connectivity index (χ1v) is 8.26. The van der Waals surface area contributed by atoms with E-state index in [1.54, 1.807) is 0 Å². The molecule has 126 valence electrons. The fourth-order valence-electron chi connectivity index (χ4n) is 3.05. The van der Waals surface area contributed by atoms with E-state index < -0.39 is 0 Å². The van der Waals surface area contributed by atoms with Crippen LogP contribution in [0, 0.1) is 19.8 Å². The van der Waals surface area contributed by atoms with E-state index >= 15 is 0 Å². The molecule has 1 amide bonds. The number of ether oxygens (including phenoxy) is 1. The molecule has 1 atom stereocenters. The first-order valence-electron chi connectivity index (χ1n) is 8.26. The largest absolute Gasteiger partial charge is 0.466 e. The lowest BCUT2D eigenvalue weighted by Crippen LogP contribution is -2.43. The summed E-state index contributed by atoms with van der Waals surface area (Å²) in [6.45, 7) is 7.94. The molecule has 1 aromatic rings. The van der Waals surface area contributed by atoms with Crippen molar-refractivity contribution in [3.8, 4) is 0 Å². The summed E-state index contributed by atoms with van der Waals surface area (Å²) in [4.78, 5) is 26.2. The number of aryl methyl sites for hydroxylation is 2. The fraction of sp³-hybridized carbons (Fsp3) is 0.556. The van der Waals surface area contributed by atoms with Crippen molar-refractivity contribution in [2.24, 2.45) is 5.92 Å². The molecule has 1 aliphatic rings. The molecular formula is C18H26N2O3. The number of anilines is 1. The van der Waals surface area contributed by atoms with E-state index in [1.165, 1.54) is 0 Å². The Hall–Kier alpha value is -1.88. The smallest absolute Gasteiger partial charge is 0.310 e. The number of hydrogen-bond donors (Lipinski definition) is 1. The molecule has 1 saturated heterocycles. The van der Waals surface area contributed by atoms with Gasteiger partial charge in [0.05, 0.1) is 19.1 Å².